The maximum Gasteiger partial charge on any atom is 0.236 e. The van der Waals surface area contributed by atoms with Crippen molar-refractivity contribution in [1.29, 1.82) is 0 Å². The molecule has 1 fully saturated rings. The summed E-state index contributed by atoms with van der Waals surface area (Å²) in [6.45, 7) is 3.79. The van der Waals surface area contributed by atoms with Crippen molar-refractivity contribution in [2.45, 2.75) is 25.7 Å². The number of amides is 1. The molecule has 1 amide bonds. The quantitative estimate of drug-likeness (QED) is 0.842. The Labute approximate surface area is 144 Å². The Kier molecular flexibility index (Phi) is 5.31. The lowest BCUT2D eigenvalue weighted by molar-refractivity contribution is -0.131. The minimum atomic E-state index is 0.127. The largest absolute Gasteiger partial charge is 0.341 e. The molecule has 0 radical (unpaired) electrons. The first kappa shape index (κ1) is 16.7. The highest BCUT2D eigenvalue weighted by atomic mass is 32.1. The van der Waals surface area contributed by atoms with Gasteiger partial charge in [0.15, 0.2) is 0 Å². The number of aryl methyl sites for hydroxylation is 1. The van der Waals surface area contributed by atoms with E-state index in [1.165, 1.54) is 11.3 Å². The summed E-state index contributed by atoms with van der Waals surface area (Å²) in [5.74, 6) is 1.79. The number of hydrogen-bond donors (Lipinski definition) is 2. The zero-order chi connectivity index (χ0) is 16.9. The summed E-state index contributed by atoms with van der Waals surface area (Å²) >= 11 is 1.42. The van der Waals surface area contributed by atoms with Crippen LogP contribution in [0.4, 0.5) is 10.9 Å². The van der Waals surface area contributed by atoms with Crippen LogP contribution in [-0.2, 0) is 4.79 Å². The molecule has 0 aromatic carbocycles. The maximum absolute atomic E-state index is 12.1. The van der Waals surface area contributed by atoms with Crippen LogP contribution in [0.2, 0.25) is 0 Å². The van der Waals surface area contributed by atoms with Gasteiger partial charge >= 0.3 is 0 Å². The van der Waals surface area contributed by atoms with Crippen LogP contribution in [0.1, 0.15) is 30.3 Å². The molecule has 1 saturated heterocycles. The van der Waals surface area contributed by atoms with Gasteiger partial charge in [0.1, 0.15) is 17.2 Å². The van der Waals surface area contributed by atoms with Gasteiger partial charge in [-0.25, -0.2) is 9.97 Å². The number of carbonyl (C=O) groups is 1. The second-order valence-electron chi connectivity index (χ2n) is 5.83. The molecule has 2 N–H and O–H groups in total. The summed E-state index contributed by atoms with van der Waals surface area (Å²) in [4.78, 5) is 23.2. The van der Waals surface area contributed by atoms with Gasteiger partial charge in [-0.2, -0.15) is 0 Å². The molecule has 0 bridgehead atoms. The van der Waals surface area contributed by atoms with E-state index in [-0.39, 0.29) is 11.8 Å². The van der Waals surface area contributed by atoms with E-state index < -0.39 is 0 Å². The van der Waals surface area contributed by atoms with Crippen molar-refractivity contribution < 1.29 is 4.79 Å². The molecule has 3 heterocycles. The van der Waals surface area contributed by atoms with Crippen LogP contribution in [0.15, 0.2) is 11.6 Å². The van der Waals surface area contributed by atoms with Gasteiger partial charge in [-0.1, -0.05) is 11.3 Å². The first-order valence-corrected chi connectivity index (χ1v) is 8.85. The third kappa shape index (κ3) is 4.04. The van der Waals surface area contributed by atoms with Crippen molar-refractivity contribution in [3.05, 3.63) is 23.1 Å². The van der Waals surface area contributed by atoms with Gasteiger partial charge in [-0.3, -0.25) is 4.79 Å². The average molecular weight is 347 g/mol. The Morgan fingerprint density at radius 3 is 3.08 bits per heavy atom. The number of carbonyl (C=O) groups excluding carboxylic acids is 1. The van der Waals surface area contributed by atoms with E-state index in [4.69, 9.17) is 0 Å². The van der Waals surface area contributed by atoms with Gasteiger partial charge in [0.2, 0.25) is 11.0 Å². The summed E-state index contributed by atoms with van der Waals surface area (Å²) in [7, 11) is 1.79. The van der Waals surface area contributed by atoms with E-state index in [1.54, 1.807) is 12.6 Å². The molecule has 128 valence electrons. The standard InChI is InChI=1S/C15H21N7OS/c1-10-6-12(20-15-21-17-9-24-15)19-14(18-10)11-4-3-5-22(8-11)13(23)7-16-2/h6,9,11,16H,3-5,7-8H2,1-2H3,(H,18,19,20,21)/t11-/m0/s1. The van der Waals surface area contributed by atoms with Crippen LogP contribution >= 0.6 is 11.3 Å². The zero-order valence-electron chi connectivity index (χ0n) is 13.8. The molecule has 1 atom stereocenters. The van der Waals surface area contributed by atoms with Crippen LogP contribution in [0.5, 0.6) is 0 Å². The van der Waals surface area contributed by atoms with Gasteiger partial charge < -0.3 is 15.5 Å². The normalized spacial score (nSPS) is 17.8. The highest BCUT2D eigenvalue weighted by Crippen LogP contribution is 2.26. The highest BCUT2D eigenvalue weighted by molar-refractivity contribution is 7.13. The molecule has 0 unspecified atom stereocenters. The minimum Gasteiger partial charge on any atom is -0.341 e. The van der Waals surface area contributed by atoms with Gasteiger partial charge in [-0.05, 0) is 26.8 Å². The van der Waals surface area contributed by atoms with Crippen LogP contribution in [-0.4, -0.2) is 57.7 Å². The fraction of sp³-hybridized carbons (Fsp3) is 0.533. The maximum atomic E-state index is 12.1. The van der Waals surface area contributed by atoms with Crippen molar-refractivity contribution in [1.82, 2.24) is 30.4 Å². The number of aromatic nitrogens is 4. The lowest BCUT2D eigenvalue weighted by Crippen LogP contribution is -2.43. The Morgan fingerprint density at radius 2 is 2.33 bits per heavy atom. The van der Waals surface area contributed by atoms with Crippen molar-refractivity contribution in [2.24, 2.45) is 0 Å². The SMILES string of the molecule is CNCC(=O)N1CCC[C@H](c2nc(C)cc(Nc3nncs3)n2)C1. The molecule has 3 rings (SSSR count). The monoisotopic (exact) mass is 347 g/mol. The second kappa shape index (κ2) is 7.63. The molecule has 24 heavy (non-hydrogen) atoms. The van der Waals surface area contributed by atoms with E-state index in [2.05, 4.69) is 30.8 Å². The Morgan fingerprint density at radius 1 is 1.46 bits per heavy atom. The van der Waals surface area contributed by atoms with Crippen LogP contribution < -0.4 is 10.6 Å². The number of hydrogen-bond acceptors (Lipinski definition) is 8. The first-order chi connectivity index (χ1) is 11.7. The van der Waals surface area contributed by atoms with Gasteiger partial charge in [-0.15, -0.1) is 10.2 Å². The summed E-state index contributed by atoms with van der Waals surface area (Å²) < 4.78 is 0. The van der Waals surface area contributed by atoms with Crippen molar-refractivity contribution in [3.8, 4) is 0 Å². The van der Waals surface area contributed by atoms with E-state index in [0.29, 0.717) is 24.0 Å². The van der Waals surface area contributed by atoms with Crippen LogP contribution in [0.3, 0.4) is 0 Å². The fourth-order valence-electron chi connectivity index (χ4n) is 2.85. The second-order valence-corrected chi connectivity index (χ2v) is 6.66. The highest BCUT2D eigenvalue weighted by Gasteiger charge is 2.26. The Balaban J connectivity index is 1.75. The smallest absolute Gasteiger partial charge is 0.236 e. The number of likely N-dealkylation sites (N-methyl/N-ethyl adjacent to an activating group) is 1. The van der Waals surface area contributed by atoms with Crippen LogP contribution in [0.25, 0.3) is 0 Å². The van der Waals surface area contributed by atoms with E-state index >= 15 is 0 Å². The molecule has 0 spiro atoms. The topological polar surface area (TPSA) is 95.9 Å². The molecular weight excluding hydrogens is 326 g/mol. The molecular formula is C15H21N7OS. The third-order valence-electron chi connectivity index (χ3n) is 3.93. The number of nitrogens with zero attached hydrogens (tertiary/aromatic N) is 5. The Bertz CT molecular complexity index is 691. The van der Waals surface area contributed by atoms with Gasteiger partial charge in [0.05, 0.1) is 6.54 Å². The van der Waals surface area contributed by atoms with Gasteiger partial charge in [0, 0.05) is 30.8 Å². The number of nitrogens with one attached hydrogen (secondary N) is 2. The molecule has 0 saturated carbocycles. The lowest BCUT2D eigenvalue weighted by atomic mass is 9.97. The predicted octanol–water partition coefficient (Wildman–Crippen LogP) is 1.31. The van der Waals surface area contributed by atoms with Crippen molar-refractivity contribution in [3.63, 3.8) is 0 Å². The predicted molar refractivity (Wildman–Crippen MR) is 92.4 cm³/mol. The molecule has 0 aliphatic carbocycles. The Hall–Kier alpha value is -2.13. The summed E-state index contributed by atoms with van der Waals surface area (Å²) in [5.41, 5.74) is 2.56. The van der Waals surface area contributed by atoms with E-state index in [9.17, 15) is 4.79 Å². The third-order valence-corrected chi connectivity index (χ3v) is 4.54. The summed E-state index contributed by atoms with van der Waals surface area (Å²) in [6.07, 6.45) is 1.96. The van der Waals surface area contributed by atoms with E-state index in [0.717, 1.165) is 30.9 Å². The molecule has 2 aromatic rings. The minimum absolute atomic E-state index is 0.127. The molecule has 9 heteroatoms. The molecule has 2 aromatic heterocycles. The summed E-state index contributed by atoms with van der Waals surface area (Å²) in [5, 5.41) is 14.6. The fourth-order valence-corrected chi connectivity index (χ4v) is 3.30. The number of likely N-dealkylation sites (tertiary alicyclic amines) is 1. The van der Waals surface area contributed by atoms with Crippen LogP contribution in [0, 0.1) is 6.92 Å². The average Bonchev–Trinajstić information content (AvgIpc) is 3.07. The molecule has 8 nitrogen and oxygen atoms in total. The number of piperidine rings is 1. The lowest BCUT2D eigenvalue weighted by Gasteiger charge is -2.32. The summed E-state index contributed by atoms with van der Waals surface area (Å²) in [6, 6.07) is 1.89. The molecule has 1 aliphatic rings. The number of anilines is 2. The van der Waals surface area contributed by atoms with Crippen molar-refractivity contribution in [2.75, 3.05) is 32.0 Å². The zero-order valence-corrected chi connectivity index (χ0v) is 14.6. The van der Waals surface area contributed by atoms with Gasteiger partial charge in [0.25, 0.3) is 0 Å². The first-order valence-electron chi connectivity index (χ1n) is 7.97. The van der Waals surface area contributed by atoms with Crippen molar-refractivity contribution >= 4 is 28.2 Å². The number of rotatable bonds is 5. The molecule has 1 aliphatic heterocycles. The van der Waals surface area contributed by atoms with E-state index in [1.807, 2.05) is 17.9 Å².